The van der Waals surface area contributed by atoms with Gasteiger partial charge < -0.3 is 4.90 Å². The molecule has 0 bridgehead atoms. The van der Waals surface area contributed by atoms with Crippen LogP contribution in [0.5, 0.6) is 0 Å². The summed E-state index contributed by atoms with van der Waals surface area (Å²) in [7, 11) is 0. The highest BCUT2D eigenvalue weighted by atomic mass is 35.5. The molecule has 3 heteroatoms. The van der Waals surface area contributed by atoms with E-state index in [0.29, 0.717) is 11.9 Å². The van der Waals surface area contributed by atoms with E-state index in [1.54, 1.807) is 0 Å². The maximum atomic E-state index is 6.23. The lowest BCUT2D eigenvalue weighted by molar-refractivity contribution is 0.449. The molecule has 0 spiro atoms. The molecule has 1 aliphatic rings. The number of benzene rings is 1. The molecule has 1 heterocycles. The van der Waals surface area contributed by atoms with Gasteiger partial charge in [0.05, 0.1) is 5.88 Å². The third-order valence-corrected chi connectivity index (χ3v) is 4.26. The smallest absolute Gasteiger partial charge is 0.0509 e. The second-order valence-corrected chi connectivity index (χ2v) is 5.30. The summed E-state index contributed by atoms with van der Waals surface area (Å²) in [5, 5.41) is 0.790. The molecule has 1 nitrogen and oxygen atoms in total. The van der Waals surface area contributed by atoms with Gasteiger partial charge in [0.2, 0.25) is 0 Å². The van der Waals surface area contributed by atoms with Crippen molar-refractivity contribution in [2.24, 2.45) is 0 Å². The number of hydrogen-bond acceptors (Lipinski definition) is 1. The number of hydrogen-bond donors (Lipinski definition) is 0. The summed E-state index contributed by atoms with van der Waals surface area (Å²) in [6.45, 7) is 3.39. The van der Waals surface area contributed by atoms with Gasteiger partial charge in [-0.3, -0.25) is 0 Å². The number of alkyl halides is 1. The van der Waals surface area contributed by atoms with Crippen LogP contribution < -0.4 is 4.90 Å². The zero-order valence-electron chi connectivity index (χ0n) is 10.3. The Labute approximate surface area is 114 Å². The number of piperidine rings is 1. The van der Waals surface area contributed by atoms with Gasteiger partial charge in [-0.25, -0.2) is 0 Å². The molecular formula is C14H19Cl2N. The molecule has 1 aromatic rings. The molecule has 0 amide bonds. The number of halogens is 2. The molecule has 94 valence electrons. The average Bonchev–Trinajstić information content (AvgIpc) is 2.38. The Morgan fingerprint density at radius 3 is 2.88 bits per heavy atom. The third kappa shape index (κ3) is 2.71. The second-order valence-electron chi connectivity index (χ2n) is 4.62. The Morgan fingerprint density at radius 2 is 2.18 bits per heavy atom. The minimum atomic E-state index is 0.488. The quantitative estimate of drug-likeness (QED) is 0.711. The van der Waals surface area contributed by atoms with Crippen molar-refractivity contribution in [2.75, 3.05) is 11.4 Å². The van der Waals surface area contributed by atoms with Crippen LogP contribution in [0.15, 0.2) is 18.2 Å². The molecule has 1 aromatic carbocycles. The predicted octanol–water partition coefficient (Wildman–Crippen LogP) is 4.85. The van der Waals surface area contributed by atoms with Crippen LogP contribution in [0, 0.1) is 0 Å². The summed E-state index contributed by atoms with van der Waals surface area (Å²) in [4.78, 5) is 2.49. The lowest BCUT2D eigenvalue weighted by Crippen LogP contribution is -2.39. The van der Waals surface area contributed by atoms with Crippen LogP contribution in [0.25, 0.3) is 0 Å². The van der Waals surface area contributed by atoms with E-state index in [9.17, 15) is 0 Å². The summed E-state index contributed by atoms with van der Waals surface area (Å²) in [5.74, 6) is 0.488. The minimum Gasteiger partial charge on any atom is -0.368 e. The molecule has 0 aliphatic carbocycles. The lowest BCUT2D eigenvalue weighted by Gasteiger charge is -2.38. The molecule has 0 radical (unpaired) electrons. The van der Waals surface area contributed by atoms with E-state index >= 15 is 0 Å². The highest BCUT2D eigenvalue weighted by molar-refractivity contribution is 6.32. The fourth-order valence-electron chi connectivity index (χ4n) is 2.69. The van der Waals surface area contributed by atoms with Gasteiger partial charge in [0, 0.05) is 28.9 Å². The van der Waals surface area contributed by atoms with Crippen LogP contribution in [0.2, 0.25) is 5.02 Å². The predicted molar refractivity (Wildman–Crippen MR) is 76.3 cm³/mol. The van der Waals surface area contributed by atoms with Gasteiger partial charge in [-0.05, 0) is 37.8 Å². The summed E-state index contributed by atoms with van der Waals surface area (Å²) in [6, 6.07) is 6.74. The van der Waals surface area contributed by atoms with E-state index in [1.807, 2.05) is 12.1 Å². The largest absolute Gasteiger partial charge is 0.368 e. The van der Waals surface area contributed by atoms with Gasteiger partial charge in [-0.15, -0.1) is 11.6 Å². The van der Waals surface area contributed by atoms with Gasteiger partial charge in [0.25, 0.3) is 0 Å². The third-order valence-electron chi connectivity index (χ3n) is 3.64. The zero-order valence-corrected chi connectivity index (χ0v) is 11.8. The normalized spacial score (nSPS) is 20.6. The Hall–Kier alpha value is -0.400. The Kier molecular flexibility index (Phi) is 4.58. The molecule has 2 rings (SSSR count). The molecule has 0 aromatic heterocycles. The molecular weight excluding hydrogens is 253 g/mol. The summed E-state index contributed by atoms with van der Waals surface area (Å²) in [6.07, 6.45) is 5.08. The molecule has 1 unspecified atom stereocenters. The number of rotatable bonds is 3. The van der Waals surface area contributed by atoms with Crippen LogP contribution >= 0.6 is 23.2 Å². The van der Waals surface area contributed by atoms with Crippen molar-refractivity contribution < 1.29 is 0 Å². The minimum absolute atomic E-state index is 0.488. The first-order valence-electron chi connectivity index (χ1n) is 6.38. The van der Waals surface area contributed by atoms with E-state index in [4.69, 9.17) is 23.2 Å². The summed E-state index contributed by atoms with van der Waals surface area (Å²) in [5.41, 5.74) is 2.32. The van der Waals surface area contributed by atoms with Crippen molar-refractivity contribution in [3.05, 3.63) is 28.8 Å². The van der Waals surface area contributed by atoms with Crippen molar-refractivity contribution in [3.8, 4) is 0 Å². The lowest BCUT2D eigenvalue weighted by atomic mass is 9.98. The highest BCUT2D eigenvalue weighted by Crippen LogP contribution is 2.33. The first-order chi connectivity index (χ1) is 8.27. The molecule has 1 saturated heterocycles. The van der Waals surface area contributed by atoms with Crippen LogP contribution in [0.1, 0.15) is 38.2 Å². The van der Waals surface area contributed by atoms with Crippen molar-refractivity contribution in [3.63, 3.8) is 0 Å². The van der Waals surface area contributed by atoms with Gasteiger partial charge >= 0.3 is 0 Å². The van der Waals surface area contributed by atoms with Gasteiger partial charge in [0.15, 0.2) is 0 Å². The van der Waals surface area contributed by atoms with Gasteiger partial charge in [-0.2, -0.15) is 0 Å². The Balaban J connectivity index is 2.34. The average molecular weight is 272 g/mol. The molecule has 17 heavy (non-hydrogen) atoms. The monoisotopic (exact) mass is 271 g/mol. The fraction of sp³-hybridized carbons (Fsp3) is 0.571. The standard InChI is InChI=1S/C14H19Cl2N/c1-2-11-6-3-4-9-17(11)14-8-5-7-13(16)12(14)10-15/h5,7-8,11H,2-4,6,9-10H2,1H3. The van der Waals surface area contributed by atoms with Crippen LogP contribution in [-0.2, 0) is 5.88 Å². The fourth-order valence-corrected chi connectivity index (χ4v) is 3.28. The van der Waals surface area contributed by atoms with E-state index in [2.05, 4.69) is 17.9 Å². The molecule has 1 aliphatic heterocycles. The molecule has 1 fully saturated rings. The molecule has 1 atom stereocenters. The van der Waals surface area contributed by atoms with E-state index in [-0.39, 0.29) is 0 Å². The maximum Gasteiger partial charge on any atom is 0.0509 e. The van der Waals surface area contributed by atoms with Gasteiger partial charge in [-0.1, -0.05) is 24.6 Å². The maximum absolute atomic E-state index is 6.23. The number of nitrogens with zero attached hydrogens (tertiary/aromatic N) is 1. The van der Waals surface area contributed by atoms with Crippen molar-refractivity contribution in [1.82, 2.24) is 0 Å². The number of anilines is 1. The Bertz CT molecular complexity index is 378. The van der Waals surface area contributed by atoms with Gasteiger partial charge in [0.1, 0.15) is 0 Å². The van der Waals surface area contributed by atoms with E-state index < -0.39 is 0 Å². The van der Waals surface area contributed by atoms with Crippen LogP contribution in [0.4, 0.5) is 5.69 Å². The Morgan fingerprint density at radius 1 is 1.35 bits per heavy atom. The first-order valence-corrected chi connectivity index (χ1v) is 7.29. The van der Waals surface area contributed by atoms with Crippen molar-refractivity contribution in [2.45, 2.75) is 44.5 Å². The highest BCUT2D eigenvalue weighted by Gasteiger charge is 2.23. The van der Waals surface area contributed by atoms with Crippen molar-refractivity contribution in [1.29, 1.82) is 0 Å². The SMILES string of the molecule is CCC1CCCCN1c1cccc(Cl)c1CCl. The molecule has 0 N–H and O–H groups in total. The molecule has 0 saturated carbocycles. The van der Waals surface area contributed by atoms with Crippen molar-refractivity contribution >= 4 is 28.9 Å². The summed E-state index contributed by atoms with van der Waals surface area (Å²) < 4.78 is 0. The zero-order chi connectivity index (χ0) is 12.3. The van der Waals surface area contributed by atoms with Crippen LogP contribution in [-0.4, -0.2) is 12.6 Å². The second kappa shape index (κ2) is 5.97. The van der Waals surface area contributed by atoms with E-state index in [1.165, 1.54) is 31.4 Å². The summed E-state index contributed by atoms with van der Waals surface area (Å²) >= 11 is 12.3. The van der Waals surface area contributed by atoms with E-state index in [0.717, 1.165) is 17.1 Å². The van der Waals surface area contributed by atoms with Crippen LogP contribution in [0.3, 0.4) is 0 Å². The topological polar surface area (TPSA) is 3.24 Å². The first kappa shape index (κ1) is 13.0.